The van der Waals surface area contributed by atoms with Crippen molar-refractivity contribution in [3.05, 3.63) is 30.2 Å². The molecule has 0 aliphatic heterocycles. The van der Waals surface area contributed by atoms with Crippen LogP contribution in [0, 0.1) is 12.8 Å². The van der Waals surface area contributed by atoms with Crippen LogP contribution in [-0.2, 0) is 0 Å². The molecule has 3 aromatic rings. The smallest absolute Gasteiger partial charge is 0.222 e. The van der Waals surface area contributed by atoms with E-state index in [1.165, 1.54) is 0 Å². The lowest BCUT2D eigenvalue weighted by Gasteiger charge is -2.20. The van der Waals surface area contributed by atoms with Crippen LogP contribution in [0.3, 0.4) is 0 Å². The van der Waals surface area contributed by atoms with E-state index in [1.54, 1.807) is 19.3 Å². The quantitative estimate of drug-likeness (QED) is 0.446. The number of aliphatic hydroxyl groups is 3. The van der Waals surface area contributed by atoms with Gasteiger partial charge < -0.3 is 30.8 Å². The average Bonchev–Trinajstić information content (AvgIpc) is 3.17. The van der Waals surface area contributed by atoms with E-state index in [0.29, 0.717) is 34.8 Å². The Bertz CT molecular complexity index is 943. The summed E-state index contributed by atoms with van der Waals surface area (Å²) >= 11 is 0. The van der Waals surface area contributed by atoms with Crippen molar-refractivity contribution in [3.8, 4) is 11.3 Å². The van der Waals surface area contributed by atoms with Gasteiger partial charge >= 0.3 is 0 Å². The predicted octanol–water partition coefficient (Wildman–Crippen LogP) is 0.690. The van der Waals surface area contributed by atoms with E-state index in [1.807, 2.05) is 12.1 Å². The Hall–Kier alpha value is -2.75. The van der Waals surface area contributed by atoms with Crippen molar-refractivity contribution in [1.82, 2.24) is 15.0 Å². The van der Waals surface area contributed by atoms with Gasteiger partial charge in [-0.05, 0) is 25.5 Å². The molecule has 3 aromatic heterocycles. The fraction of sp³-hybridized carbons (Fsp3) is 0.389. The van der Waals surface area contributed by atoms with Gasteiger partial charge in [-0.3, -0.25) is 4.98 Å². The lowest BCUT2D eigenvalue weighted by atomic mass is 10.1. The molecule has 1 saturated carbocycles. The third-order valence-corrected chi connectivity index (χ3v) is 5.04. The molecule has 0 saturated heterocycles. The Kier molecular flexibility index (Phi) is 4.42. The third-order valence-electron chi connectivity index (χ3n) is 5.04. The Morgan fingerprint density at radius 3 is 2.81 bits per heavy atom. The number of aryl methyl sites for hydroxylation is 1. The molecule has 1 aliphatic rings. The number of hydrogen-bond donors (Lipinski definition) is 5. The molecule has 4 atom stereocenters. The third kappa shape index (κ3) is 3.09. The first kappa shape index (κ1) is 17.7. The van der Waals surface area contributed by atoms with E-state index in [9.17, 15) is 15.3 Å². The highest BCUT2D eigenvalue weighted by atomic mass is 16.3. The number of aliphatic hydroxyl groups excluding tert-OH is 3. The summed E-state index contributed by atoms with van der Waals surface area (Å²) in [6.45, 7) is 1.59. The van der Waals surface area contributed by atoms with Gasteiger partial charge in [0.1, 0.15) is 17.7 Å². The van der Waals surface area contributed by atoms with Gasteiger partial charge in [0.05, 0.1) is 29.6 Å². The Labute approximate surface area is 154 Å². The van der Waals surface area contributed by atoms with Crippen molar-refractivity contribution in [3.63, 3.8) is 0 Å². The number of nitrogens with two attached hydrogens (primary N) is 1. The minimum atomic E-state index is -1.04. The van der Waals surface area contributed by atoms with Crippen molar-refractivity contribution in [1.29, 1.82) is 0 Å². The number of nitrogen functional groups attached to an aromatic ring is 1. The molecule has 1 aliphatic carbocycles. The predicted molar refractivity (Wildman–Crippen MR) is 98.8 cm³/mol. The zero-order valence-electron chi connectivity index (χ0n) is 14.7. The summed E-state index contributed by atoms with van der Waals surface area (Å²) in [5.74, 6) is 0.633. The first-order valence-electron chi connectivity index (χ1n) is 8.69. The number of aromatic nitrogens is 3. The fourth-order valence-electron chi connectivity index (χ4n) is 3.63. The van der Waals surface area contributed by atoms with Crippen molar-refractivity contribution >= 4 is 22.7 Å². The summed E-state index contributed by atoms with van der Waals surface area (Å²) in [7, 11) is 0. The van der Waals surface area contributed by atoms with Crippen LogP contribution in [0.1, 0.15) is 12.1 Å². The molecule has 27 heavy (non-hydrogen) atoms. The number of rotatable bonds is 4. The van der Waals surface area contributed by atoms with Crippen LogP contribution in [-0.4, -0.2) is 55.1 Å². The van der Waals surface area contributed by atoms with Crippen molar-refractivity contribution in [2.45, 2.75) is 31.6 Å². The molecule has 0 unspecified atom stereocenters. The number of anilines is 2. The fourth-order valence-corrected chi connectivity index (χ4v) is 3.63. The maximum absolute atomic E-state index is 10.3. The lowest BCUT2D eigenvalue weighted by molar-refractivity contribution is 0.00446. The van der Waals surface area contributed by atoms with E-state index < -0.39 is 24.2 Å². The second-order valence-corrected chi connectivity index (χ2v) is 6.83. The molecule has 0 amide bonds. The van der Waals surface area contributed by atoms with Crippen LogP contribution in [0.15, 0.2) is 28.9 Å². The van der Waals surface area contributed by atoms with E-state index >= 15 is 0 Å². The molecule has 142 valence electrons. The molecule has 9 nitrogen and oxygen atoms in total. The lowest BCUT2D eigenvalue weighted by Crippen LogP contribution is -2.35. The first-order valence-corrected chi connectivity index (χ1v) is 8.69. The van der Waals surface area contributed by atoms with Gasteiger partial charge in [0.25, 0.3) is 0 Å². The molecule has 9 heteroatoms. The number of hydrogen-bond acceptors (Lipinski definition) is 9. The second-order valence-electron chi connectivity index (χ2n) is 6.83. The Morgan fingerprint density at radius 1 is 1.30 bits per heavy atom. The van der Waals surface area contributed by atoms with Gasteiger partial charge in [0.15, 0.2) is 5.58 Å². The van der Waals surface area contributed by atoms with E-state index in [-0.39, 0.29) is 12.6 Å². The maximum Gasteiger partial charge on any atom is 0.222 e. The van der Waals surface area contributed by atoms with E-state index in [4.69, 9.17) is 10.2 Å². The molecule has 1 fully saturated rings. The second kappa shape index (κ2) is 6.76. The van der Waals surface area contributed by atoms with E-state index in [0.717, 1.165) is 5.39 Å². The van der Waals surface area contributed by atoms with Gasteiger partial charge in [-0.2, -0.15) is 4.98 Å². The Morgan fingerprint density at radius 2 is 2.11 bits per heavy atom. The highest BCUT2D eigenvalue weighted by molar-refractivity contribution is 5.85. The molecular formula is C18H21N5O4. The SMILES string of the molecule is Cc1nc(N)nc(N[C@@H]2C[C@H](CO)[C@@H](O)[C@H]2O)c1-c1cc2ccncc2o1. The number of pyridine rings is 1. The van der Waals surface area contributed by atoms with Gasteiger partial charge in [-0.1, -0.05) is 0 Å². The summed E-state index contributed by atoms with van der Waals surface area (Å²) in [5, 5.41) is 33.8. The number of nitrogens with one attached hydrogen (secondary N) is 1. The van der Waals surface area contributed by atoms with Gasteiger partial charge in [0.2, 0.25) is 5.95 Å². The van der Waals surface area contributed by atoms with Crippen molar-refractivity contribution in [2.24, 2.45) is 5.92 Å². The molecule has 3 heterocycles. The first-order chi connectivity index (χ1) is 13.0. The minimum absolute atomic E-state index is 0.0864. The van der Waals surface area contributed by atoms with E-state index in [2.05, 4.69) is 20.3 Å². The highest BCUT2D eigenvalue weighted by Crippen LogP contribution is 2.36. The van der Waals surface area contributed by atoms with Crippen LogP contribution >= 0.6 is 0 Å². The molecule has 4 rings (SSSR count). The topological polar surface area (TPSA) is 151 Å². The van der Waals surface area contributed by atoms with Crippen LogP contribution in [0.5, 0.6) is 0 Å². The summed E-state index contributed by atoms with van der Waals surface area (Å²) < 4.78 is 5.89. The van der Waals surface area contributed by atoms with Crippen LogP contribution in [0.4, 0.5) is 11.8 Å². The summed E-state index contributed by atoms with van der Waals surface area (Å²) in [4.78, 5) is 12.6. The highest BCUT2D eigenvalue weighted by Gasteiger charge is 2.41. The molecule has 0 bridgehead atoms. The molecule has 0 aromatic carbocycles. The maximum atomic E-state index is 10.3. The van der Waals surface area contributed by atoms with Crippen molar-refractivity contribution < 1.29 is 19.7 Å². The summed E-state index contributed by atoms with van der Waals surface area (Å²) in [6.07, 6.45) is 1.66. The molecule has 0 radical (unpaired) electrons. The average molecular weight is 371 g/mol. The Balaban J connectivity index is 1.75. The zero-order valence-corrected chi connectivity index (χ0v) is 14.7. The molecule has 6 N–H and O–H groups in total. The van der Waals surface area contributed by atoms with Gasteiger partial charge in [0, 0.05) is 24.1 Å². The normalized spacial score (nSPS) is 25.2. The molecular weight excluding hydrogens is 350 g/mol. The number of nitrogens with zero attached hydrogens (tertiary/aromatic N) is 3. The monoisotopic (exact) mass is 371 g/mol. The zero-order chi connectivity index (χ0) is 19.1. The van der Waals surface area contributed by atoms with Crippen LogP contribution in [0.2, 0.25) is 0 Å². The number of furan rings is 1. The van der Waals surface area contributed by atoms with Crippen LogP contribution < -0.4 is 11.1 Å². The largest absolute Gasteiger partial charge is 0.454 e. The van der Waals surface area contributed by atoms with Gasteiger partial charge in [-0.15, -0.1) is 0 Å². The standard InChI is InChI=1S/C18H21N5O4/c1-8-14(12-5-9-2-3-20-6-13(9)27-12)17(23-18(19)21-8)22-11-4-10(7-24)15(25)16(11)26/h2-3,5-6,10-11,15-16,24-26H,4,7H2,1H3,(H3,19,21,22,23)/t10-,11-,15-,16+/m1/s1. The van der Waals surface area contributed by atoms with Gasteiger partial charge in [-0.25, -0.2) is 4.98 Å². The number of fused-ring (bicyclic) bond motifs is 1. The minimum Gasteiger partial charge on any atom is -0.454 e. The van der Waals surface area contributed by atoms with Crippen molar-refractivity contribution in [2.75, 3.05) is 17.7 Å². The van der Waals surface area contributed by atoms with Crippen LogP contribution in [0.25, 0.3) is 22.3 Å². The molecule has 0 spiro atoms. The summed E-state index contributed by atoms with van der Waals surface area (Å²) in [5.41, 5.74) is 7.68. The summed E-state index contributed by atoms with van der Waals surface area (Å²) in [6, 6.07) is 3.21.